The molecule has 0 saturated carbocycles. The van der Waals surface area contributed by atoms with Crippen molar-refractivity contribution in [3.05, 3.63) is 53.3 Å². The molecule has 1 aliphatic rings. The molecule has 6 heteroatoms. The van der Waals surface area contributed by atoms with Crippen molar-refractivity contribution in [1.82, 2.24) is 14.7 Å². The fourth-order valence-electron chi connectivity index (χ4n) is 3.33. The van der Waals surface area contributed by atoms with Gasteiger partial charge in [-0.25, -0.2) is 0 Å². The summed E-state index contributed by atoms with van der Waals surface area (Å²) in [5, 5.41) is 13.8. The molecule has 0 aliphatic carbocycles. The lowest BCUT2D eigenvalue weighted by Crippen LogP contribution is -2.35. The van der Waals surface area contributed by atoms with Gasteiger partial charge in [-0.2, -0.15) is 5.10 Å². The van der Waals surface area contributed by atoms with Crippen LogP contribution in [0.3, 0.4) is 0 Å². The van der Waals surface area contributed by atoms with Gasteiger partial charge in [-0.1, -0.05) is 37.3 Å². The van der Waals surface area contributed by atoms with E-state index >= 15 is 0 Å². The van der Waals surface area contributed by atoms with Crippen LogP contribution in [0.4, 0.5) is 0 Å². The quantitative estimate of drug-likeness (QED) is 0.906. The van der Waals surface area contributed by atoms with E-state index in [1.165, 1.54) is 0 Å². The lowest BCUT2D eigenvalue weighted by molar-refractivity contribution is -0.147. The van der Waals surface area contributed by atoms with E-state index in [0.717, 1.165) is 11.3 Å². The molecule has 1 N–H and O–H groups in total. The zero-order chi connectivity index (χ0) is 18.0. The molecular formula is C19H23N3O3. The Hall–Kier alpha value is -2.63. The maximum Gasteiger partial charge on any atom is 0.311 e. The molecule has 3 rings (SSSR count). The molecular weight excluding hydrogens is 318 g/mol. The number of amides is 1. The first kappa shape index (κ1) is 17.2. The van der Waals surface area contributed by atoms with Crippen LogP contribution in [0.1, 0.15) is 41.9 Å². The molecule has 132 valence electrons. The number of hydrogen-bond acceptors (Lipinski definition) is 3. The molecule has 0 spiro atoms. The molecule has 2 aromatic rings. The largest absolute Gasteiger partial charge is 0.481 e. The SMILES string of the molecule is CCc1c(C(=O)N2CCC(C)(C(=O)O)C2)cnn1Cc1ccccc1. The lowest BCUT2D eigenvalue weighted by Gasteiger charge is -2.20. The molecule has 0 bridgehead atoms. The second-order valence-electron chi connectivity index (χ2n) is 6.84. The monoisotopic (exact) mass is 341 g/mol. The van der Waals surface area contributed by atoms with E-state index in [9.17, 15) is 14.7 Å². The second-order valence-corrected chi connectivity index (χ2v) is 6.84. The van der Waals surface area contributed by atoms with Crippen LogP contribution in [0.5, 0.6) is 0 Å². The molecule has 1 aromatic heterocycles. The van der Waals surface area contributed by atoms with Crippen LogP contribution in [0.15, 0.2) is 36.5 Å². The van der Waals surface area contributed by atoms with Gasteiger partial charge in [0.2, 0.25) is 0 Å². The summed E-state index contributed by atoms with van der Waals surface area (Å²) in [4.78, 5) is 25.9. The van der Waals surface area contributed by atoms with Crippen LogP contribution >= 0.6 is 0 Å². The molecule has 1 atom stereocenters. The zero-order valence-electron chi connectivity index (χ0n) is 14.6. The van der Waals surface area contributed by atoms with E-state index in [2.05, 4.69) is 5.10 Å². The second kappa shape index (κ2) is 6.70. The van der Waals surface area contributed by atoms with Crippen LogP contribution in [0, 0.1) is 5.41 Å². The van der Waals surface area contributed by atoms with Crippen molar-refractivity contribution < 1.29 is 14.7 Å². The molecule has 1 fully saturated rings. The summed E-state index contributed by atoms with van der Waals surface area (Å²) in [5.74, 6) is -0.973. The van der Waals surface area contributed by atoms with Gasteiger partial charge in [0.15, 0.2) is 0 Å². The first-order chi connectivity index (χ1) is 11.9. The number of hydrogen-bond donors (Lipinski definition) is 1. The Balaban J connectivity index is 1.81. The summed E-state index contributed by atoms with van der Waals surface area (Å²) < 4.78 is 1.86. The number of benzene rings is 1. The number of nitrogens with zero attached hydrogens (tertiary/aromatic N) is 3. The van der Waals surface area contributed by atoms with Gasteiger partial charge in [-0.05, 0) is 25.3 Å². The molecule has 0 radical (unpaired) electrons. The third-order valence-corrected chi connectivity index (χ3v) is 4.97. The summed E-state index contributed by atoms with van der Waals surface area (Å²) in [7, 11) is 0. The topological polar surface area (TPSA) is 75.4 Å². The van der Waals surface area contributed by atoms with Gasteiger partial charge in [-0.15, -0.1) is 0 Å². The maximum atomic E-state index is 12.9. The molecule has 1 amide bonds. The highest BCUT2D eigenvalue weighted by molar-refractivity contribution is 5.96. The van der Waals surface area contributed by atoms with Crippen molar-refractivity contribution in [2.45, 2.75) is 33.2 Å². The Labute approximate surface area is 147 Å². The molecule has 1 saturated heterocycles. The molecule has 2 heterocycles. The molecule has 25 heavy (non-hydrogen) atoms. The summed E-state index contributed by atoms with van der Waals surface area (Å²) in [6.07, 6.45) is 2.78. The van der Waals surface area contributed by atoms with Crippen molar-refractivity contribution in [3.8, 4) is 0 Å². The van der Waals surface area contributed by atoms with Gasteiger partial charge in [0.25, 0.3) is 5.91 Å². The number of carboxylic acid groups (broad SMARTS) is 1. The van der Waals surface area contributed by atoms with Crippen molar-refractivity contribution in [1.29, 1.82) is 0 Å². The van der Waals surface area contributed by atoms with E-state index < -0.39 is 11.4 Å². The number of carboxylic acids is 1. The number of rotatable bonds is 5. The Bertz CT molecular complexity index is 784. The van der Waals surface area contributed by atoms with Crippen LogP contribution < -0.4 is 0 Å². The first-order valence-electron chi connectivity index (χ1n) is 8.56. The van der Waals surface area contributed by atoms with Gasteiger partial charge in [0.05, 0.1) is 29.4 Å². The summed E-state index contributed by atoms with van der Waals surface area (Å²) in [6.45, 7) is 5.02. The van der Waals surface area contributed by atoms with E-state index in [1.807, 2.05) is 41.9 Å². The first-order valence-corrected chi connectivity index (χ1v) is 8.56. The lowest BCUT2D eigenvalue weighted by atomic mass is 9.90. The number of carbonyl (C=O) groups is 2. The fourth-order valence-corrected chi connectivity index (χ4v) is 3.33. The highest BCUT2D eigenvalue weighted by Crippen LogP contribution is 2.31. The van der Waals surface area contributed by atoms with Crippen molar-refractivity contribution in [2.75, 3.05) is 13.1 Å². The smallest absolute Gasteiger partial charge is 0.311 e. The van der Waals surface area contributed by atoms with Gasteiger partial charge < -0.3 is 10.0 Å². The highest BCUT2D eigenvalue weighted by Gasteiger charge is 2.42. The minimum Gasteiger partial charge on any atom is -0.481 e. The van der Waals surface area contributed by atoms with Gasteiger partial charge in [-0.3, -0.25) is 14.3 Å². The summed E-state index contributed by atoms with van der Waals surface area (Å²) in [5.41, 5.74) is 1.73. The average Bonchev–Trinajstić information content (AvgIpc) is 3.20. The average molecular weight is 341 g/mol. The fraction of sp³-hybridized carbons (Fsp3) is 0.421. The van der Waals surface area contributed by atoms with Crippen molar-refractivity contribution in [2.24, 2.45) is 5.41 Å². The summed E-state index contributed by atoms with van der Waals surface area (Å²) in [6, 6.07) is 9.98. The number of likely N-dealkylation sites (tertiary alicyclic amines) is 1. The third-order valence-electron chi connectivity index (χ3n) is 4.97. The number of aliphatic carboxylic acids is 1. The van der Waals surface area contributed by atoms with Crippen molar-refractivity contribution >= 4 is 11.9 Å². The van der Waals surface area contributed by atoms with E-state index in [-0.39, 0.29) is 12.5 Å². The van der Waals surface area contributed by atoms with Crippen LogP contribution in [0.2, 0.25) is 0 Å². The van der Waals surface area contributed by atoms with Crippen LogP contribution in [-0.4, -0.2) is 44.8 Å². The predicted octanol–water partition coefficient (Wildman–Crippen LogP) is 2.43. The van der Waals surface area contributed by atoms with Gasteiger partial charge in [0.1, 0.15) is 0 Å². The Morgan fingerprint density at radius 1 is 1.28 bits per heavy atom. The predicted molar refractivity (Wildman–Crippen MR) is 93.4 cm³/mol. The van der Waals surface area contributed by atoms with E-state index in [0.29, 0.717) is 31.5 Å². The number of carbonyl (C=O) groups excluding carboxylic acids is 1. The molecule has 6 nitrogen and oxygen atoms in total. The molecule has 1 unspecified atom stereocenters. The van der Waals surface area contributed by atoms with Crippen LogP contribution in [-0.2, 0) is 17.8 Å². The Kier molecular flexibility index (Phi) is 4.61. The van der Waals surface area contributed by atoms with Gasteiger partial charge >= 0.3 is 5.97 Å². The minimum absolute atomic E-state index is 0.124. The van der Waals surface area contributed by atoms with E-state index in [4.69, 9.17) is 0 Å². The standard InChI is InChI=1S/C19H23N3O3/c1-3-16-15(11-20-22(16)12-14-7-5-4-6-8-14)17(23)21-10-9-19(2,13-21)18(24)25/h4-8,11H,3,9-10,12-13H2,1-2H3,(H,24,25). The van der Waals surface area contributed by atoms with Crippen molar-refractivity contribution in [3.63, 3.8) is 0 Å². The van der Waals surface area contributed by atoms with Gasteiger partial charge in [0, 0.05) is 13.1 Å². The minimum atomic E-state index is -0.859. The Morgan fingerprint density at radius 2 is 2.00 bits per heavy atom. The maximum absolute atomic E-state index is 12.9. The Morgan fingerprint density at radius 3 is 2.60 bits per heavy atom. The third kappa shape index (κ3) is 3.29. The summed E-state index contributed by atoms with van der Waals surface area (Å²) >= 11 is 0. The van der Waals surface area contributed by atoms with E-state index in [1.54, 1.807) is 18.0 Å². The normalized spacial score (nSPS) is 20.0. The zero-order valence-corrected chi connectivity index (χ0v) is 14.6. The number of aromatic nitrogens is 2. The highest BCUT2D eigenvalue weighted by atomic mass is 16.4. The molecule has 1 aliphatic heterocycles. The van der Waals surface area contributed by atoms with Crippen LogP contribution in [0.25, 0.3) is 0 Å². The molecule has 1 aromatic carbocycles.